The standard InChI is InChI=1S/C68H46N2/c1-4-18-47(19-5-1)54-42-55(48-20-6-2-7-21-48)44-56(43-54)49-34-38-58(39-35-49)69(59-40-36-51(37-41-59)62-32-17-24-50-22-10-12-29-61(50)62)60-28-16-25-52(45-60)65-46-53-23-11-13-30-63(53)68-67(65)64-31-14-15-33-66(64)70(68)57-26-8-3-9-27-57/h1-46H. The van der Waals surface area contributed by atoms with Crippen molar-refractivity contribution in [1.29, 1.82) is 0 Å². The second kappa shape index (κ2) is 17.4. The molecule has 2 nitrogen and oxygen atoms in total. The molecular formula is C68H46N2. The largest absolute Gasteiger partial charge is 0.310 e. The van der Waals surface area contributed by atoms with Crippen molar-refractivity contribution in [2.24, 2.45) is 0 Å². The zero-order valence-corrected chi connectivity index (χ0v) is 38.5. The van der Waals surface area contributed by atoms with Crippen LogP contribution in [-0.2, 0) is 0 Å². The summed E-state index contributed by atoms with van der Waals surface area (Å²) in [5.41, 5.74) is 18.7. The Morgan fingerprint density at radius 1 is 0.257 bits per heavy atom. The fourth-order valence-corrected chi connectivity index (χ4v) is 10.6. The summed E-state index contributed by atoms with van der Waals surface area (Å²) in [4.78, 5) is 2.40. The molecule has 2 heteroatoms. The Hall–Kier alpha value is -9.24. The molecule has 0 spiro atoms. The number of para-hydroxylation sites is 2. The molecule has 70 heavy (non-hydrogen) atoms. The minimum absolute atomic E-state index is 1.07. The van der Waals surface area contributed by atoms with Crippen LogP contribution in [0.15, 0.2) is 279 Å². The maximum absolute atomic E-state index is 2.45. The van der Waals surface area contributed by atoms with Gasteiger partial charge < -0.3 is 9.47 Å². The van der Waals surface area contributed by atoms with E-state index < -0.39 is 0 Å². The van der Waals surface area contributed by atoms with Crippen LogP contribution in [0.25, 0.3) is 105 Å². The number of rotatable bonds is 9. The molecule has 0 unspecified atom stereocenters. The molecule has 0 N–H and O–H groups in total. The quantitative estimate of drug-likeness (QED) is 0.140. The third-order valence-corrected chi connectivity index (χ3v) is 13.9. The van der Waals surface area contributed by atoms with Gasteiger partial charge in [-0.25, -0.2) is 0 Å². The van der Waals surface area contributed by atoms with E-state index in [2.05, 4.69) is 289 Å². The first-order chi connectivity index (χ1) is 34.7. The maximum Gasteiger partial charge on any atom is 0.0625 e. The van der Waals surface area contributed by atoms with Gasteiger partial charge in [0.1, 0.15) is 0 Å². The van der Waals surface area contributed by atoms with E-state index in [0.29, 0.717) is 0 Å². The molecule has 0 aliphatic heterocycles. The van der Waals surface area contributed by atoms with Gasteiger partial charge in [0.2, 0.25) is 0 Å². The predicted molar refractivity (Wildman–Crippen MR) is 298 cm³/mol. The fraction of sp³-hybridized carbons (Fsp3) is 0. The zero-order valence-electron chi connectivity index (χ0n) is 38.5. The minimum atomic E-state index is 1.07. The van der Waals surface area contributed by atoms with Crippen molar-refractivity contribution in [3.63, 3.8) is 0 Å². The lowest BCUT2D eigenvalue weighted by Gasteiger charge is -2.27. The smallest absolute Gasteiger partial charge is 0.0625 e. The first kappa shape index (κ1) is 41.0. The van der Waals surface area contributed by atoms with Gasteiger partial charge in [-0.1, -0.05) is 200 Å². The monoisotopic (exact) mass is 890 g/mol. The third kappa shape index (κ3) is 7.31. The summed E-state index contributed by atoms with van der Waals surface area (Å²) in [5, 5.41) is 7.41. The molecule has 1 aromatic heterocycles. The molecule has 0 saturated carbocycles. The minimum Gasteiger partial charge on any atom is -0.310 e. The van der Waals surface area contributed by atoms with Gasteiger partial charge in [0.05, 0.1) is 11.0 Å². The zero-order chi connectivity index (χ0) is 46.4. The van der Waals surface area contributed by atoms with Gasteiger partial charge in [0.15, 0.2) is 0 Å². The maximum atomic E-state index is 2.45. The van der Waals surface area contributed by atoms with Crippen molar-refractivity contribution >= 4 is 60.4 Å². The second-order valence-electron chi connectivity index (χ2n) is 18.1. The normalized spacial score (nSPS) is 11.4. The van der Waals surface area contributed by atoms with Gasteiger partial charge in [-0.05, 0) is 151 Å². The second-order valence-corrected chi connectivity index (χ2v) is 18.1. The first-order valence-corrected chi connectivity index (χ1v) is 24.1. The van der Waals surface area contributed by atoms with E-state index in [1.807, 2.05) is 0 Å². The average molecular weight is 891 g/mol. The molecule has 0 aliphatic carbocycles. The van der Waals surface area contributed by atoms with Crippen LogP contribution >= 0.6 is 0 Å². The SMILES string of the molecule is c1ccc(-c2cc(-c3ccccc3)cc(-c3ccc(N(c4ccc(-c5cccc6ccccc56)cc4)c4cccc(-c5cc6ccccc6c6c5c5ccccc5n6-c5ccccc5)c4)cc3)c2)cc1. The van der Waals surface area contributed by atoms with Gasteiger partial charge >= 0.3 is 0 Å². The molecule has 0 fully saturated rings. The summed E-state index contributed by atoms with van der Waals surface area (Å²) in [6.45, 7) is 0. The first-order valence-electron chi connectivity index (χ1n) is 24.1. The summed E-state index contributed by atoms with van der Waals surface area (Å²) in [5.74, 6) is 0. The molecule has 13 aromatic rings. The van der Waals surface area contributed by atoms with Gasteiger partial charge in [0, 0.05) is 38.9 Å². The van der Waals surface area contributed by atoms with Crippen LogP contribution in [-0.4, -0.2) is 4.57 Å². The lowest BCUT2D eigenvalue weighted by molar-refractivity contribution is 1.19. The Morgan fingerprint density at radius 3 is 1.40 bits per heavy atom. The Labute approximate surface area is 408 Å². The number of fused-ring (bicyclic) bond motifs is 6. The summed E-state index contributed by atoms with van der Waals surface area (Å²) in [6, 6.07) is 102. The van der Waals surface area contributed by atoms with Gasteiger partial charge in [-0.15, -0.1) is 0 Å². The van der Waals surface area contributed by atoms with Crippen LogP contribution in [0.2, 0.25) is 0 Å². The Balaban J connectivity index is 0.977. The molecule has 0 aliphatic rings. The van der Waals surface area contributed by atoms with E-state index in [1.165, 1.54) is 87.9 Å². The van der Waals surface area contributed by atoms with Crippen LogP contribution in [0.5, 0.6) is 0 Å². The van der Waals surface area contributed by atoms with Crippen molar-refractivity contribution < 1.29 is 0 Å². The lowest BCUT2D eigenvalue weighted by atomic mass is 9.93. The van der Waals surface area contributed by atoms with Crippen LogP contribution in [0.1, 0.15) is 0 Å². The molecule has 12 aromatic carbocycles. The summed E-state index contributed by atoms with van der Waals surface area (Å²) < 4.78 is 2.45. The van der Waals surface area contributed by atoms with Crippen molar-refractivity contribution in [3.05, 3.63) is 279 Å². The summed E-state index contributed by atoms with van der Waals surface area (Å²) >= 11 is 0. The summed E-state index contributed by atoms with van der Waals surface area (Å²) in [7, 11) is 0. The van der Waals surface area contributed by atoms with E-state index in [9.17, 15) is 0 Å². The highest BCUT2D eigenvalue weighted by Crippen LogP contribution is 2.45. The Bertz CT molecular complexity index is 3960. The highest BCUT2D eigenvalue weighted by Gasteiger charge is 2.21. The van der Waals surface area contributed by atoms with Gasteiger partial charge in [0.25, 0.3) is 0 Å². The number of hydrogen-bond donors (Lipinski definition) is 0. The van der Waals surface area contributed by atoms with Gasteiger partial charge in [-0.2, -0.15) is 0 Å². The fourth-order valence-electron chi connectivity index (χ4n) is 10.6. The molecule has 0 saturated heterocycles. The van der Waals surface area contributed by atoms with Crippen molar-refractivity contribution in [2.75, 3.05) is 4.90 Å². The summed E-state index contributed by atoms with van der Waals surface area (Å²) in [6.07, 6.45) is 0. The third-order valence-electron chi connectivity index (χ3n) is 13.9. The number of aromatic nitrogens is 1. The van der Waals surface area contributed by atoms with Crippen molar-refractivity contribution in [3.8, 4) is 61.3 Å². The van der Waals surface area contributed by atoms with Crippen LogP contribution in [0.3, 0.4) is 0 Å². The molecule has 0 atom stereocenters. The molecule has 0 amide bonds. The van der Waals surface area contributed by atoms with E-state index in [1.54, 1.807) is 0 Å². The number of hydrogen-bond acceptors (Lipinski definition) is 1. The molecular weight excluding hydrogens is 845 g/mol. The van der Waals surface area contributed by atoms with Crippen LogP contribution in [0, 0.1) is 0 Å². The van der Waals surface area contributed by atoms with Crippen molar-refractivity contribution in [1.82, 2.24) is 4.57 Å². The molecule has 1 heterocycles. The van der Waals surface area contributed by atoms with E-state index in [4.69, 9.17) is 0 Å². The predicted octanol–water partition coefficient (Wildman–Crippen LogP) is 18.9. The topological polar surface area (TPSA) is 8.17 Å². The average Bonchev–Trinajstić information content (AvgIpc) is 3.79. The van der Waals surface area contributed by atoms with Crippen LogP contribution < -0.4 is 4.90 Å². The number of benzene rings is 12. The Morgan fingerprint density at radius 2 is 0.743 bits per heavy atom. The highest BCUT2D eigenvalue weighted by molar-refractivity contribution is 6.24. The van der Waals surface area contributed by atoms with E-state index in [0.717, 1.165) is 33.9 Å². The van der Waals surface area contributed by atoms with E-state index in [-0.39, 0.29) is 0 Å². The molecule has 0 bridgehead atoms. The van der Waals surface area contributed by atoms with Gasteiger partial charge in [-0.3, -0.25) is 0 Å². The lowest BCUT2D eigenvalue weighted by Crippen LogP contribution is -2.10. The van der Waals surface area contributed by atoms with Crippen LogP contribution in [0.4, 0.5) is 17.1 Å². The van der Waals surface area contributed by atoms with Crippen molar-refractivity contribution in [2.45, 2.75) is 0 Å². The molecule has 0 radical (unpaired) electrons. The van der Waals surface area contributed by atoms with E-state index >= 15 is 0 Å². The molecule has 328 valence electrons. The highest BCUT2D eigenvalue weighted by atomic mass is 15.1. The molecule has 13 rings (SSSR count). The Kier molecular flexibility index (Phi) is 10.2. The number of nitrogens with zero attached hydrogens (tertiary/aromatic N) is 2. The number of anilines is 3.